The minimum Gasteiger partial charge on any atom is -0.366 e. The van der Waals surface area contributed by atoms with Crippen LogP contribution in [0.5, 0.6) is 0 Å². The molecule has 8 heteroatoms. The van der Waals surface area contributed by atoms with Crippen molar-refractivity contribution in [2.75, 3.05) is 31.9 Å². The molecule has 3 aromatic rings. The first-order chi connectivity index (χ1) is 21.3. The Bertz CT molecular complexity index is 1530. The van der Waals surface area contributed by atoms with Crippen molar-refractivity contribution in [3.8, 4) is 11.1 Å². The number of amides is 1. The molecule has 3 heterocycles. The summed E-state index contributed by atoms with van der Waals surface area (Å²) in [5, 5.41) is 1.01. The van der Waals surface area contributed by atoms with E-state index in [0.29, 0.717) is 24.7 Å². The molecule has 1 saturated carbocycles. The molecule has 3 fully saturated rings. The monoisotopic (exact) mass is 618 g/mol. The van der Waals surface area contributed by atoms with Crippen LogP contribution in [0.2, 0.25) is 0 Å². The maximum Gasteiger partial charge on any atom is 0.250 e. The van der Waals surface area contributed by atoms with Gasteiger partial charge in [-0.15, -0.1) is 0 Å². The molecule has 7 nitrogen and oxygen atoms in total. The van der Waals surface area contributed by atoms with Gasteiger partial charge < -0.3 is 15.6 Å². The highest BCUT2D eigenvalue weighted by Crippen LogP contribution is 2.38. The number of aryl methyl sites for hydroxylation is 1. The van der Waals surface area contributed by atoms with Crippen molar-refractivity contribution in [2.24, 2.45) is 11.7 Å². The lowest BCUT2D eigenvalue weighted by Crippen LogP contribution is -2.44. The van der Waals surface area contributed by atoms with E-state index in [1.165, 1.54) is 76.4 Å². The average Bonchev–Trinajstić information content (AvgIpc) is 3.49. The number of nitrogens with zero attached hydrogens (tertiary/aromatic N) is 2. The molecule has 1 aliphatic carbocycles. The fraction of sp³-hybridized carbons (Fsp3) is 0.583. The number of nitrogens with two attached hydrogens (primary N) is 1. The lowest BCUT2D eigenvalue weighted by molar-refractivity contribution is 0.0904. The normalized spacial score (nSPS) is 20.7. The number of rotatable bonds is 10. The number of carbonyl (C=O) groups is 1. The van der Waals surface area contributed by atoms with Crippen LogP contribution >= 0.6 is 0 Å². The first kappa shape index (κ1) is 31.3. The molecule has 0 bridgehead atoms. The van der Waals surface area contributed by atoms with Gasteiger partial charge in [0, 0.05) is 30.7 Å². The van der Waals surface area contributed by atoms with E-state index in [4.69, 9.17) is 5.73 Å². The molecule has 2 aromatic carbocycles. The number of primary amides is 1. The molecule has 44 heavy (non-hydrogen) atoms. The van der Waals surface area contributed by atoms with Crippen LogP contribution in [-0.4, -0.2) is 66.5 Å². The number of H-pyrrole nitrogens is 1. The summed E-state index contributed by atoms with van der Waals surface area (Å²) < 4.78 is 26.5. The molecule has 238 valence electrons. The third-order valence-electron chi connectivity index (χ3n) is 10.8. The molecule has 0 radical (unpaired) electrons. The van der Waals surface area contributed by atoms with E-state index in [2.05, 4.69) is 40.2 Å². The summed E-state index contributed by atoms with van der Waals surface area (Å²) in [7, 11) is -3.18. The molecule has 2 aliphatic heterocycles. The smallest absolute Gasteiger partial charge is 0.250 e. The lowest BCUT2D eigenvalue weighted by atomic mass is 9.80. The molecule has 1 atom stereocenters. The number of aromatic amines is 1. The van der Waals surface area contributed by atoms with Crippen molar-refractivity contribution in [3.63, 3.8) is 0 Å². The summed E-state index contributed by atoms with van der Waals surface area (Å²) >= 11 is 0. The van der Waals surface area contributed by atoms with Crippen LogP contribution < -0.4 is 5.73 Å². The van der Waals surface area contributed by atoms with E-state index in [0.717, 1.165) is 52.8 Å². The number of fused-ring (bicyclic) bond motifs is 1. The maximum atomic E-state index is 12.6. The summed E-state index contributed by atoms with van der Waals surface area (Å²) in [6.45, 7) is 5.26. The first-order valence-electron chi connectivity index (χ1n) is 17.1. The predicted molar refractivity (Wildman–Crippen MR) is 179 cm³/mol. The molecule has 3 N–H and O–H groups in total. The molecule has 1 unspecified atom stereocenters. The van der Waals surface area contributed by atoms with E-state index >= 15 is 0 Å². The molecular formula is C36H50N4O3S. The van der Waals surface area contributed by atoms with Gasteiger partial charge in [-0.3, -0.25) is 4.79 Å². The van der Waals surface area contributed by atoms with E-state index in [1.807, 2.05) is 12.3 Å². The second-order valence-electron chi connectivity index (χ2n) is 13.4. The number of carbonyl (C=O) groups excluding carboxylic acids is 1. The Balaban J connectivity index is 1.25. The molecular weight excluding hydrogens is 568 g/mol. The largest absolute Gasteiger partial charge is 0.366 e. The number of likely N-dealkylation sites (tertiary alicyclic amines) is 1. The average molecular weight is 619 g/mol. The number of nitrogens with one attached hydrogen (secondary N) is 1. The van der Waals surface area contributed by atoms with Crippen LogP contribution in [0.4, 0.5) is 0 Å². The molecule has 6 rings (SSSR count). The quantitative estimate of drug-likeness (QED) is 0.260. The highest BCUT2D eigenvalue weighted by molar-refractivity contribution is 7.89. The van der Waals surface area contributed by atoms with Crippen molar-refractivity contribution in [1.82, 2.24) is 14.2 Å². The highest BCUT2D eigenvalue weighted by atomic mass is 32.2. The molecule has 1 aromatic heterocycles. The van der Waals surface area contributed by atoms with Gasteiger partial charge in [-0.1, -0.05) is 49.9 Å². The summed E-state index contributed by atoms with van der Waals surface area (Å²) in [6.07, 6.45) is 16.7. The summed E-state index contributed by atoms with van der Waals surface area (Å²) in [5.74, 6) is 0.740. The standard InChI is InChI=1S/C36H50N4O3S/c1-2-44(42,43)40-20-16-27(17-21-40)33-25-38-35-31(33)23-30(24-32(35)36(37)41)29-13-9-10-26(22-29)14-15-34(28-11-5-3-6-12-28)39-18-7-4-8-19-39/h9-10,13,22-25,27-28,34,38H,2-8,11-12,14-21H2,1H3,(H2,37,41). The van der Waals surface area contributed by atoms with Crippen LogP contribution in [0.15, 0.2) is 42.6 Å². The number of piperidine rings is 2. The number of hydrogen-bond acceptors (Lipinski definition) is 4. The summed E-state index contributed by atoms with van der Waals surface area (Å²) in [6, 6.07) is 13.7. The van der Waals surface area contributed by atoms with E-state index in [-0.39, 0.29) is 11.7 Å². The fourth-order valence-corrected chi connectivity index (χ4v) is 9.42. The van der Waals surface area contributed by atoms with Gasteiger partial charge in [-0.05, 0) is 118 Å². The second-order valence-corrected chi connectivity index (χ2v) is 15.7. The zero-order chi connectivity index (χ0) is 30.7. The zero-order valence-corrected chi connectivity index (χ0v) is 27.2. The Labute approximate surface area is 263 Å². The topological polar surface area (TPSA) is 99.5 Å². The number of hydrogen-bond donors (Lipinski definition) is 2. The van der Waals surface area contributed by atoms with Crippen LogP contribution in [-0.2, 0) is 16.4 Å². The number of sulfonamides is 1. The Morgan fingerprint density at radius 1 is 0.932 bits per heavy atom. The molecule has 3 aliphatic rings. The van der Waals surface area contributed by atoms with Gasteiger partial charge in [0.2, 0.25) is 10.0 Å². The minimum absolute atomic E-state index is 0.134. The van der Waals surface area contributed by atoms with Gasteiger partial charge in [0.15, 0.2) is 0 Å². The van der Waals surface area contributed by atoms with Crippen LogP contribution in [0.1, 0.15) is 105 Å². The fourth-order valence-electron chi connectivity index (χ4n) is 8.29. The maximum absolute atomic E-state index is 12.6. The predicted octanol–water partition coefficient (Wildman–Crippen LogP) is 6.83. The van der Waals surface area contributed by atoms with Gasteiger partial charge in [-0.25, -0.2) is 12.7 Å². The van der Waals surface area contributed by atoms with E-state index in [9.17, 15) is 13.2 Å². The van der Waals surface area contributed by atoms with Crippen molar-refractivity contribution in [1.29, 1.82) is 0 Å². The van der Waals surface area contributed by atoms with E-state index in [1.54, 1.807) is 11.2 Å². The Morgan fingerprint density at radius 3 is 2.36 bits per heavy atom. The van der Waals surface area contributed by atoms with Gasteiger partial charge in [-0.2, -0.15) is 0 Å². The number of aromatic nitrogens is 1. The Kier molecular flexibility index (Phi) is 9.79. The number of benzene rings is 2. The first-order valence-corrected chi connectivity index (χ1v) is 18.7. The zero-order valence-electron chi connectivity index (χ0n) is 26.4. The van der Waals surface area contributed by atoms with Crippen LogP contribution in [0.25, 0.3) is 22.0 Å². The molecule has 2 saturated heterocycles. The molecule has 1 amide bonds. The van der Waals surface area contributed by atoms with Crippen LogP contribution in [0.3, 0.4) is 0 Å². The highest BCUT2D eigenvalue weighted by Gasteiger charge is 2.31. The van der Waals surface area contributed by atoms with Crippen molar-refractivity contribution in [3.05, 3.63) is 59.3 Å². The Morgan fingerprint density at radius 2 is 1.66 bits per heavy atom. The van der Waals surface area contributed by atoms with Gasteiger partial charge in [0.25, 0.3) is 5.91 Å². The van der Waals surface area contributed by atoms with Gasteiger partial charge >= 0.3 is 0 Å². The minimum atomic E-state index is -3.18. The summed E-state index contributed by atoms with van der Waals surface area (Å²) in [5.41, 5.74) is 11.8. The van der Waals surface area contributed by atoms with Crippen molar-refractivity contribution < 1.29 is 13.2 Å². The Hall–Kier alpha value is -2.68. The third-order valence-corrected chi connectivity index (χ3v) is 12.7. The van der Waals surface area contributed by atoms with Crippen molar-refractivity contribution in [2.45, 2.75) is 95.9 Å². The van der Waals surface area contributed by atoms with Gasteiger partial charge in [0.1, 0.15) is 0 Å². The molecule has 0 spiro atoms. The second kappa shape index (κ2) is 13.8. The van der Waals surface area contributed by atoms with Crippen molar-refractivity contribution >= 4 is 26.8 Å². The third kappa shape index (κ3) is 6.77. The van der Waals surface area contributed by atoms with Crippen LogP contribution in [0, 0.1) is 5.92 Å². The van der Waals surface area contributed by atoms with Gasteiger partial charge in [0.05, 0.1) is 16.8 Å². The van der Waals surface area contributed by atoms with E-state index < -0.39 is 15.9 Å². The summed E-state index contributed by atoms with van der Waals surface area (Å²) in [4.78, 5) is 18.8. The SMILES string of the molecule is CCS(=O)(=O)N1CCC(c2c[nH]c3c(C(N)=O)cc(-c4cccc(CCC(C5CCCCC5)N5CCCCC5)c4)cc23)CC1. The lowest BCUT2D eigenvalue weighted by Gasteiger charge is -2.41.